The number of ketones is 1. The predicted octanol–water partition coefficient (Wildman–Crippen LogP) is 4.49. The van der Waals surface area contributed by atoms with Crippen LogP contribution in [-0.4, -0.2) is 46.1 Å². The number of nitrogens with zero attached hydrogens (tertiary/aromatic N) is 3. The lowest BCUT2D eigenvalue weighted by Crippen LogP contribution is -2.25. The number of carbonyl (C=O) groups is 1. The molecule has 0 aliphatic carbocycles. The largest absolute Gasteiger partial charge is 0.303 e. The Bertz CT molecular complexity index is 1430. The van der Waals surface area contributed by atoms with Crippen molar-refractivity contribution < 1.29 is 13.2 Å². The first-order chi connectivity index (χ1) is 16.5. The highest BCUT2D eigenvalue weighted by Crippen LogP contribution is 2.23. The van der Waals surface area contributed by atoms with Crippen molar-refractivity contribution >= 4 is 38.2 Å². The minimum atomic E-state index is -3.18. The Labute approximate surface area is 207 Å². The molecule has 1 aromatic heterocycles. The maximum atomic E-state index is 12.3. The van der Waals surface area contributed by atoms with Gasteiger partial charge < -0.3 is 4.57 Å². The molecule has 0 bridgehead atoms. The maximum Gasteiger partial charge on any atom is 0.214 e. The van der Waals surface area contributed by atoms with E-state index in [2.05, 4.69) is 17.5 Å². The monoisotopic (exact) mass is 490 g/mol. The van der Waals surface area contributed by atoms with E-state index in [-0.39, 0.29) is 17.2 Å². The van der Waals surface area contributed by atoms with Crippen LogP contribution in [0.4, 0.5) is 0 Å². The fourth-order valence-electron chi connectivity index (χ4n) is 4.04. The molecule has 2 aromatic rings. The van der Waals surface area contributed by atoms with Crippen molar-refractivity contribution in [1.82, 2.24) is 13.9 Å². The quantitative estimate of drug-likeness (QED) is 0.242. The molecule has 1 aromatic carbocycles. The standard InChI is InChI=1S/C27H30N4O3S/c1-6-24(28)15-19(2)14-20(3)25(22(5)32)10-8-21(4)31-18-29-26-11-9-23(16-27(26)31)17-30-12-7-13-35(30,33)34/h1,8-11,15-16,18,28H,3,7,12-14,17H2,2,4-5H3/b19-15-,21-8+,25-10+,28-24?. The molecule has 0 saturated carbocycles. The second kappa shape index (κ2) is 10.8. The highest BCUT2D eigenvalue weighted by molar-refractivity contribution is 7.89. The van der Waals surface area contributed by atoms with E-state index >= 15 is 0 Å². The molecule has 0 atom stereocenters. The molecule has 0 amide bonds. The van der Waals surface area contributed by atoms with Gasteiger partial charge in [0.25, 0.3) is 0 Å². The normalized spacial score (nSPS) is 16.9. The van der Waals surface area contributed by atoms with E-state index in [1.165, 1.54) is 11.2 Å². The van der Waals surface area contributed by atoms with Gasteiger partial charge in [-0.2, -0.15) is 4.31 Å². The maximum absolute atomic E-state index is 12.3. The molecule has 2 heterocycles. The first-order valence-electron chi connectivity index (χ1n) is 11.3. The third kappa shape index (κ3) is 6.32. The van der Waals surface area contributed by atoms with E-state index < -0.39 is 10.0 Å². The molecular weight excluding hydrogens is 460 g/mol. The zero-order valence-electron chi connectivity index (χ0n) is 20.3. The molecule has 0 spiro atoms. The minimum Gasteiger partial charge on any atom is -0.303 e. The Morgan fingerprint density at radius 3 is 2.66 bits per heavy atom. The Hall–Kier alpha value is -3.54. The fourth-order valence-corrected chi connectivity index (χ4v) is 5.55. The number of hydrogen-bond acceptors (Lipinski definition) is 5. The van der Waals surface area contributed by atoms with E-state index in [1.54, 1.807) is 18.5 Å². The number of fused-ring (bicyclic) bond motifs is 1. The van der Waals surface area contributed by atoms with Crippen LogP contribution in [0.25, 0.3) is 16.7 Å². The van der Waals surface area contributed by atoms with Crippen LogP contribution in [0, 0.1) is 17.8 Å². The van der Waals surface area contributed by atoms with Crippen LogP contribution in [-0.2, 0) is 21.4 Å². The van der Waals surface area contributed by atoms with Crippen LogP contribution in [0.3, 0.4) is 0 Å². The summed E-state index contributed by atoms with van der Waals surface area (Å²) in [5.41, 5.74) is 5.45. The molecule has 182 valence electrons. The van der Waals surface area contributed by atoms with Crippen LogP contribution in [0.1, 0.15) is 39.2 Å². The Balaban J connectivity index is 1.87. The van der Waals surface area contributed by atoms with Crippen molar-refractivity contribution in [3.05, 3.63) is 71.6 Å². The average molecular weight is 491 g/mol. The molecule has 1 aliphatic rings. The summed E-state index contributed by atoms with van der Waals surface area (Å²) >= 11 is 0. The van der Waals surface area contributed by atoms with Crippen molar-refractivity contribution in [3.8, 4) is 12.3 Å². The van der Waals surface area contributed by atoms with Crippen LogP contribution >= 0.6 is 0 Å². The predicted molar refractivity (Wildman–Crippen MR) is 141 cm³/mol. The number of sulfonamides is 1. The fraction of sp³-hybridized carbons (Fsp3) is 0.296. The van der Waals surface area contributed by atoms with Crippen LogP contribution in [0.15, 0.2) is 66.1 Å². The number of hydrogen-bond donors (Lipinski definition) is 1. The topological polar surface area (TPSA) is 96.1 Å². The van der Waals surface area contributed by atoms with E-state index in [4.69, 9.17) is 11.8 Å². The zero-order chi connectivity index (χ0) is 25.8. The highest BCUT2D eigenvalue weighted by atomic mass is 32.2. The van der Waals surface area contributed by atoms with Crippen molar-refractivity contribution in [2.24, 2.45) is 0 Å². The summed E-state index contributed by atoms with van der Waals surface area (Å²) < 4.78 is 27.8. The summed E-state index contributed by atoms with van der Waals surface area (Å²) in [5.74, 6) is 2.36. The SMILES string of the molecule is C#CC(=N)/C=C(/C)CC(=C)/C(=C\C=C(/C)n1cnc2ccc(CN3CCCS3(=O)=O)cc21)C(C)=O. The van der Waals surface area contributed by atoms with Gasteiger partial charge in [0.05, 0.1) is 16.8 Å². The van der Waals surface area contributed by atoms with Gasteiger partial charge in [0, 0.05) is 24.4 Å². The van der Waals surface area contributed by atoms with Crippen LogP contribution in [0.2, 0.25) is 0 Å². The van der Waals surface area contributed by atoms with Gasteiger partial charge in [0.2, 0.25) is 10.0 Å². The van der Waals surface area contributed by atoms with Gasteiger partial charge >= 0.3 is 0 Å². The second-order valence-electron chi connectivity index (χ2n) is 8.71. The molecule has 3 rings (SSSR count). The summed E-state index contributed by atoms with van der Waals surface area (Å²) in [6.45, 7) is 10.2. The first kappa shape index (κ1) is 26.1. The lowest BCUT2D eigenvalue weighted by Gasteiger charge is -2.14. The molecule has 7 nitrogen and oxygen atoms in total. The molecular formula is C27H30N4O3S. The third-order valence-electron chi connectivity index (χ3n) is 5.84. The first-order valence-corrected chi connectivity index (χ1v) is 12.9. The molecule has 1 fully saturated rings. The number of carbonyl (C=O) groups excluding carboxylic acids is 1. The van der Waals surface area contributed by atoms with E-state index in [0.29, 0.717) is 37.1 Å². The zero-order valence-corrected chi connectivity index (χ0v) is 21.2. The smallest absolute Gasteiger partial charge is 0.214 e. The number of Topliss-reactive ketones (excluding diaryl/α,β-unsaturated/α-hetero) is 1. The van der Waals surface area contributed by atoms with E-state index in [0.717, 1.165) is 27.9 Å². The summed E-state index contributed by atoms with van der Waals surface area (Å²) in [7, 11) is -3.18. The van der Waals surface area contributed by atoms with Gasteiger partial charge in [0.15, 0.2) is 5.78 Å². The van der Waals surface area contributed by atoms with Crippen molar-refractivity contribution in [2.45, 2.75) is 40.2 Å². The third-order valence-corrected chi connectivity index (χ3v) is 7.75. The average Bonchev–Trinajstić information content (AvgIpc) is 3.35. The Kier molecular flexibility index (Phi) is 8.05. The number of imidazole rings is 1. The lowest BCUT2D eigenvalue weighted by molar-refractivity contribution is -0.113. The second-order valence-corrected chi connectivity index (χ2v) is 10.8. The molecule has 8 heteroatoms. The van der Waals surface area contributed by atoms with Gasteiger partial charge in [-0.25, -0.2) is 13.4 Å². The highest BCUT2D eigenvalue weighted by Gasteiger charge is 2.28. The Morgan fingerprint density at radius 2 is 2.03 bits per heavy atom. The van der Waals surface area contributed by atoms with Gasteiger partial charge in [0.1, 0.15) is 12.0 Å². The summed E-state index contributed by atoms with van der Waals surface area (Å²) in [4.78, 5) is 16.7. The van der Waals surface area contributed by atoms with Crippen LogP contribution in [0.5, 0.6) is 0 Å². The molecule has 1 saturated heterocycles. The van der Waals surface area contributed by atoms with E-state index in [1.807, 2.05) is 42.7 Å². The number of allylic oxidation sites excluding steroid dienone is 7. The number of terminal acetylenes is 1. The molecule has 0 radical (unpaired) electrons. The number of rotatable bonds is 9. The van der Waals surface area contributed by atoms with Crippen molar-refractivity contribution in [3.63, 3.8) is 0 Å². The van der Waals surface area contributed by atoms with Gasteiger partial charge in [-0.05, 0) is 75.1 Å². The van der Waals surface area contributed by atoms with Crippen LogP contribution < -0.4 is 0 Å². The summed E-state index contributed by atoms with van der Waals surface area (Å²) in [6.07, 6.45) is 13.2. The van der Waals surface area contributed by atoms with Crippen molar-refractivity contribution in [2.75, 3.05) is 12.3 Å². The minimum absolute atomic E-state index is 0.0769. The molecule has 1 aliphatic heterocycles. The lowest BCUT2D eigenvalue weighted by atomic mass is 9.96. The number of aromatic nitrogens is 2. The molecule has 0 unspecified atom stereocenters. The van der Waals surface area contributed by atoms with Gasteiger partial charge in [-0.15, -0.1) is 6.42 Å². The number of benzene rings is 1. The molecule has 35 heavy (non-hydrogen) atoms. The van der Waals surface area contributed by atoms with Gasteiger partial charge in [-0.3, -0.25) is 10.2 Å². The van der Waals surface area contributed by atoms with Gasteiger partial charge in [-0.1, -0.05) is 24.1 Å². The Morgan fingerprint density at radius 1 is 1.29 bits per heavy atom. The van der Waals surface area contributed by atoms with E-state index in [9.17, 15) is 13.2 Å². The molecule has 1 N–H and O–H groups in total. The summed E-state index contributed by atoms with van der Waals surface area (Å²) in [6, 6.07) is 5.75. The summed E-state index contributed by atoms with van der Waals surface area (Å²) in [5, 5.41) is 7.61. The van der Waals surface area contributed by atoms with Crippen molar-refractivity contribution in [1.29, 1.82) is 5.41 Å². The number of nitrogens with one attached hydrogen (secondary N) is 1.